The number of halogens is 1. The molecule has 0 aliphatic heterocycles. The average Bonchev–Trinajstić information content (AvgIpc) is 2.65. The van der Waals surface area contributed by atoms with E-state index in [4.69, 9.17) is 5.33 Å². The molecule has 154 valence electrons. The second-order valence-corrected chi connectivity index (χ2v) is 8.74. The molecule has 0 unspecified atom stereocenters. The van der Waals surface area contributed by atoms with Crippen LogP contribution in [0.3, 0.4) is 0 Å². The van der Waals surface area contributed by atoms with Crippen molar-refractivity contribution >= 4 is 20.0 Å². The molecule has 0 aliphatic carbocycles. The number of hydrogen-bond donors (Lipinski definition) is 0. The Kier molecular flexibility index (Phi) is 18.2. The molecule has 0 bridgehead atoms. The smallest absolute Gasteiger partial charge is 0.0885 e. The fourth-order valence-electron chi connectivity index (χ4n) is 2.71. The van der Waals surface area contributed by atoms with Gasteiger partial charge in [0.05, 0.1) is 0 Å². The Labute approximate surface area is 177 Å². The van der Waals surface area contributed by atoms with Crippen LogP contribution in [-0.4, -0.2) is 17.8 Å². The monoisotopic (exact) mass is 499 g/mol. The van der Waals surface area contributed by atoms with Gasteiger partial charge in [-0.1, -0.05) is 51.2 Å². The third-order valence-corrected chi connectivity index (χ3v) is 6.15. The van der Waals surface area contributed by atoms with Crippen molar-refractivity contribution in [2.75, 3.05) is 0 Å². The van der Waals surface area contributed by atoms with Crippen LogP contribution in [0.5, 0.6) is 0 Å². The summed E-state index contributed by atoms with van der Waals surface area (Å²) in [4.78, 5) is 23.1. The SMILES string of the molecule is [3H][I-]SC(=O)[C@H](C)OC(=O)CCCCCCC/C=C/CCCCCCCC. The van der Waals surface area contributed by atoms with Crippen molar-refractivity contribution in [1.29, 1.82) is 0.594 Å². The molecular formula is C21H38IO3S-. The molecule has 5 heteroatoms. The van der Waals surface area contributed by atoms with Gasteiger partial charge < -0.3 is 0 Å². The van der Waals surface area contributed by atoms with Crippen molar-refractivity contribution in [3.8, 4) is 0 Å². The second-order valence-electron chi connectivity index (χ2n) is 6.86. The Balaban J connectivity index is 3.38. The molecule has 3 nitrogen and oxygen atoms in total. The van der Waals surface area contributed by atoms with Crippen LogP contribution in [0.15, 0.2) is 12.2 Å². The first-order valence-corrected chi connectivity index (χ1v) is 13.6. The van der Waals surface area contributed by atoms with Crippen LogP contribution in [-0.2, 0) is 14.3 Å². The van der Waals surface area contributed by atoms with Crippen LogP contribution in [0.4, 0.5) is 0 Å². The summed E-state index contributed by atoms with van der Waals surface area (Å²) in [6.45, 7) is 3.84. The van der Waals surface area contributed by atoms with Gasteiger partial charge in [0.2, 0.25) is 0 Å². The van der Waals surface area contributed by atoms with Gasteiger partial charge >= 0.3 is 114 Å². The van der Waals surface area contributed by atoms with Crippen molar-refractivity contribution in [1.82, 2.24) is 0 Å². The predicted octanol–water partition coefficient (Wildman–Crippen LogP) is 3.42. The molecule has 1 atom stereocenters. The summed E-state index contributed by atoms with van der Waals surface area (Å²) in [6, 6.07) is 0. The Hall–Kier alpha value is -0.0400. The maximum atomic E-state index is 11.7. The zero-order valence-electron chi connectivity index (χ0n) is 17.6. The van der Waals surface area contributed by atoms with E-state index >= 15 is 0 Å². The molecule has 0 aliphatic rings. The standard InChI is InChI=1S/C21H38IO3S/c1-3-4-5-6-7-8-9-10-11-12-13-14-15-16-17-18-20(23)25-19(2)21(24)26-22/h10-11,19,22H,3-9,12-18H2,1-2H3/q-1/b11-10+/t19-/m0/s1/i22T. The van der Waals surface area contributed by atoms with E-state index in [1.165, 1.54) is 57.8 Å². The minimum absolute atomic E-state index is 0.198. The van der Waals surface area contributed by atoms with E-state index in [0.717, 1.165) is 34.6 Å². The van der Waals surface area contributed by atoms with Gasteiger partial charge in [-0.15, -0.1) is 0 Å². The summed E-state index contributed by atoms with van der Waals surface area (Å²) in [6.07, 6.45) is 20.3. The van der Waals surface area contributed by atoms with Gasteiger partial charge in [0.25, 0.3) is 0 Å². The number of esters is 1. The number of carbonyl (C=O) groups excluding carboxylic acids is 2. The molecule has 0 saturated carbocycles. The molecule has 0 aromatic heterocycles. The summed E-state index contributed by atoms with van der Waals surface area (Å²) in [7, 11) is 0.986. The van der Waals surface area contributed by atoms with E-state index in [-0.39, 0.29) is 11.1 Å². The molecule has 0 amide bonds. The van der Waals surface area contributed by atoms with Crippen molar-refractivity contribution in [2.24, 2.45) is 0 Å². The van der Waals surface area contributed by atoms with Gasteiger partial charge in [0, 0.05) is 0 Å². The van der Waals surface area contributed by atoms with E-state index in [2.05, 4.69) is 19.1 Å². The van der Waals surface area contributed by atoms with Gasteiger partial charge in [0.15, 0.2) is 0 Å². The minimum atomic E-state index is -0.902. The van der Waals surface area contributed by atoms with Crippen molar-refractivity contribution in [2.45, 2.75) is 110 Å². The molecule has 0 aromatic carbocycles. The first-order valence-electron chi connectivity index (χ1n) is 10.7. The first kappa shape index (κ1) is 24.0. The van der Waals surface area contributed by atoms with Crippen LogP contribution in [0.25, 0.3) is 0 Å². The second kappa shape index (κ2) is 19.7. The molecule has 0 N–H and O–H groups in total. The third kappa shape index (κ3) is 17.4. The van der Waals surface area contributed by atoms with Gasteiger partial charge in [-0.2, -0.15) is 0 Å². The Morgan fingerprint density at radius 1 is 0.962 bits per heavy atom. The normalized spacial score (nSPS) is 13.1. The molecule has 0 rings (SSSR count). The molecule has 0 aromatic rings. The topological polar surface area (TPSA) is 43.4 Å². The van der Waals surface area contributed by atoms with E-state index in [0.29, 0.717) is 6.42 Å². The Bertz CT molecular complexity index is 405. The van der Waals surface area contributed by atoms with E-state index in [1.54, 1.807) is 6.92 Å². The zero-order valence-corrected chi connectivity index (χ0v) is 19.6. The predicted molar refractivity (Wildman–Crippen MR) is 109 cm³/mol. The fraction of sp³-hybridized carbons (Fsp3) is 0.810. The molecule has 26 heavy (non-hydrogen) atoms. The van der Waals surface area contributed by atoms with Gasteiger partial charge in [0.1, 0.15) is 0 Å². The number of allylic oxidation sites excluding steroid dienone is 2. The van der Waals surface area contributed by atoms with E-state index < -0.39 is 27.1 Å². The van der Waals surface area contributed by atoms with Gasteiger partial charge in [-0.05, 0) is 12.8 Å². The Morgan fingerprint density at radius 3 is 2.08 bits per heavy atom. The molecule has 0 heterocycles. The van der Waals surface area contributed by atoms with Crippen molar-refractivity contribution < 1.29 is 35.3 Å². The number of ether oxygens (including phenoxy) is 1. The minimum Gasteiger partial charge on any atom is -0.0885 e. The van der Waals surface area contributed by atoms with Crippen LogP contribution < -0.4 is 21.0 Å². The number of carbonyl (C=O) groups is 2. The summed E-state index contributed by atoms with van der Waals surface area (Å²) in [5.74, 6) is -0.294. The quantitative estimate of drug-likeness (QED) is 0.126. The van der Waals surface area contributed by atoms with E-state index in [9.17, 15) is 9.59 Å². The molecule has 0 radical (unpaired) electrons. The number of hydrogen-bond acceptors (Lipinski definition) is 4. The van der Waals surface area contributed by atoms with Crippen molar-refractivity contribution in [3.63, 3.8) is 0 Å². The average molecular weight is 500 g/mol. The Morgan fingerprint density at radius 2 is 1.50 bits per heavy atom. The van der Waals surface area contributed by atoms with Crippen molar-refractivity contribution in [3.05, 3.63) is 12.2 Å². The van der Waals surface area contributed by atoms with Gasteiger partial charge in [-0.3, -0.25) is 0 Å². The summed E-state index contributed by atoms with van der Waals surface area (Å²) < 4.78 is 12.2. The molecule has 0 saturated heterocycles. The summed E-state index contributed by atoms with van der Waals surface area (Å²) in [5, 5.41) is -0.198. The molecule has 0 spiro atoms. The first-order chi connectivity index (χ1) is 13.1. The number of rotatable bonds is 18. The molecule has 0 fully saturated rings. The van der Waals surface area contributed by atoms with E-state index in [1.807, 2.05) is 0 Å². The summed E-state index contributed by atoms with van der Waals surface area (Å²) in [5.41, 5.74) is 0. The third-order valence-electron chi connectivity index (χ3n) is 4.36. The van der Waals surface area contributed by atoms with Crippen LogP contribution in [0.1, 0.15) is 104 Å². The maximum absolute atomic E-state index is 11.7. The fourth-order valence-corrected chi connectivity index (χ4v) is 3.95. The zero-order chi connectivity index (χ0) is 20.2. The molecular weight excluding hydrogens is 459 g/mol. The van der Waals surface area contributed by atoms with Gasteiger partial charge in [-0.25, -0.2) is 0 Å². The van der Waals surface area contributed by atoms with Crippen LogP contribution in [0, 0.1) is 0 Å². The summed E-state index contributed by atoms with van der Waals surface area (Å²) >= 11 is -0.902. The van der Waals surface area contributed by atoms with Crippen LogP contribution in [0.2, 0.25) is 0 Å². The van der Waals surface area contributed by atoms with Crippen LogP contribution >= 0.6 is 8.93 Å². The number of unbranched alkanes of at least 4 members (excludes halogenated alkanes) is 11.